The molecular weight excluding hydrogens is 685 g/mol. The second-order valence-electron chi connectivity index (χ2n) is 13.7. The summed E-state index contributed by atoms with van der Waals surface area (Å²) < 4.78 is 50.6. The topological polar surface area (TPSA) is 56.7 Å². The van der Waals surface area contributed by atoms with Crippen molar-refractivity contribution >= 4 is 43.7 Å². The molecule has 0 N–H and O–H groups in total. The lowest BCUT2D eigenvalue weighted by molar-refractivity contribution is 0.669. The molecule has 0 radical (unpaired) electrons. The van der Waals surface area contributed by atoms with Crippen molar-refractivity contribution in [3.05, 3.63) is 194 Å². The highest BCUT2D eigenvalue weighted by Gasteiger charge is 2.22. The van der Waals surface area contributed by atoms with E-state index in [9.17, 15) is 0 Å². The van der Waals surface area contributed by atoms with Crippen LogP contribution in [0.1, 0.15) is 6.85 Å². The summed E-state index contributed by atoms with van der Waals surface area (Å²) in [7, 11) is 0. The molecule has 0 aliphatic carbocycles. The number of hydrogen-bond donors (Lipinski definition) is 0. The van der Waals surface area contributed by atoms with Gasteiger partial charge in [-0.1, -0.05) is 158 Å². The molecule has 0 saturated heterocycles. The molecule has 0 fully saturated rings. The molecule has 262 valence electrons. The summed E-state index contributed by atoms with van der Waals surface area (Å²) in [6, 6.07) is 52.8. The summed E-state index contributed by atoms with van der Waals surface area (Å²) in [5.74, 6) is 1.27. The third kappa shape index (κ3) is 5.37. The molecule has 8 aromatic carbocycles. The van der Waals surface area contributed by atoms with Gasteiger partial charge in [-0.25, -0.2) is 15.0 Å². The number of fused-ring (bicyclic) bond motifs is 6. The first-order chi connectivity index (χ1) is 29.8. The van der Waals surface area contributed by atoms with Crippen LogP contribution in [0.3, 0.4) is 0 Å². The molecule has 0 atom stereocenters. The molecule has 5 heteroatoms. The Morgan fingerprint density at radius 1 is 0.411 bits per heavy atom. The van der Waals surface area contributed by atoms with Crippen molar-refractivity contribution < 1.29 is 11.3 Å². The fourth-order valence-electron chi connectivity index (χ4n) is 7.69. The number of rotatable bonds is 6. The van der Waals surface area contributed by atoms with E-state index in [-0.39, 0.29) is 29.7 Å². The fraction of sp³-hybridized carbons (Fsp3) is 0. The van der Waals surface area contributed by atoms with Crippen LogP contribution in [0.2, 0.25) is 0 Å². The van der Waals surface area contributed by atoms with Crippen molar-refractivity contribution in [2.75, 3.05) is 0 Å². The van der Waals surface area contributed by atoms with Gasteiger partial charge >= 0.3 is 0 Å². The highest BCUT2D eigenvalue weighted by molar-refractivity contribution is 6.13. The van der Waals surface area contributed by atoms with Crippen LogP contribution in [0, 0.1) is 0 Å². The van der Waals surface area contributed by atoms with Crippen molar-refractivity contribution in [3.8, 4) is 62.1 Å². The number of benzene rings is 8. The van der Waals surface area contributed by atoms with Crippen LogP contribution in [-0.4, -0.2) is 19.5 Å². The molecular formula is C51H32N4O. The lowest BCUT2D eigenvalue weighted by atomic mass is 10.0. The van der Waals surface area contributed by atoms with E-state index >= 15 is 0 Å². The van der Waals surface area contributed by atoms with Gasteiger partial charge in [-0.3, -0.25) is 0 Å². The standard InChI is InChI=1S/C51H32N4O/c1-4-14-33(15-5-1)35-24-26-37(27-25-35)50-52-49(36-18-8-3-9-19-36)53-51(54-50)44-32-39(55-45-22-12-10-20-40(45)41-21-11-13-23-46(41)55)31-43-42-30-38(34-16-6-2-7-17-34)28-29-47(42)56-48(43)44/h1-32H/i1D,4D,5D,14D,15D. The molecule has 11 rings (SSSR count). The van der Waals surface area contributed by atoms with Gasteiger partial charge in [0.15, 0.2) is 17.5 Å². The maximum absolute atomic E-state index is 8.54. The van der Waals surface area contributed by atoms with Gasteiger partial charge < -0.3 is 8.98 Å². The van der Waals surface area contributed by atoms with E-state index in [2.05, 4.69) is 89.5 Å². The molecule has 0 aliphatic heterocycles. The summed E-state index contributed by atoms with van der Waals surface area (Å²) in [5.41, 5.74) is 9.33. The summed E-state index contributed by atoms with van der Waals surface area (Å²) in [5, 5.41) is 4.16. The highest BCUT2D eigenvalue weighted by atomic mass is 16.3. The van der Waals surface area contributed by atoms with E-state index in [1.54, 1.807) is 24.3 Å². The minimum atomic E-state index is -0.432. The number of aromatic nitrogens is 4. The Bertz CT molecular complexity index is 3450. The third-order valence-corrected chi connectivity index (χ3v) is 10.3. The number of nitrogens with zero attached hydrogens (tertiary/aromatic N) is 4. The molecule has 5 nitrogen and oxygen atoms in total. The van der Waals surface area contributed by atoms with Gasteiger partial charge in [0, 0.05) is 38.4 Å². The summed E-state index contributed by atoms with van der Waals surface area (Å²) >= 11 is 0. The molecule has 0 spiro atoms. The van der Waals surface area contributed by atoms with Gasteiger partial charge in [0.1, 0.15) is 11.2 Å². The van der Waals surface area contributed by atoms with Gasteiger partial charge in [0.25, 0.3) is 0 Å². The monoisotopic (exact) mass is 721 g/mol. The van der Waals surface area contributed by atoms with E-state index in [4.69, 9.17) is 26.2 Å². The zero-order chi connectivity index (χ0) is 41.4. The Labute approximate surface area is 329 Å². The zero-order valence-corrected chi connectivity index (χ0v) is 29.8. The van der Waals surface area contributed by atoms with E-state index in [1.807, 2.05) is 54.6 Å². The summed E-state index contributed by atoms with van der Waals surface area (Å²) in [6.07, 6.45) is 0. The van der Waals surface area contributed by atoms with Crippen LogP contribution < -0.4 is 0 Å². The van der Waals surface area contributed by atoms with E-state index < -0.39 is 6.04 Å². The largest absolute Gasteiger partial charge is 0.455 e. The zero-order valence-electron chi connectivity index (χ0n) is 34.8. The van der Waals surface area contributed by atoms with Crippen LogP contribution in [0.5, 0.6) is 0 Å². The third-order valence-electron chi connectivity index (χ3n) is 10.3. The Hall–Kier alpha value is -7.63. The number of para-hydroxylation sites is 2. The van der Waals surface area contributed by atoms with Crippen LogP contribution in [0.4, 0.5) is 0 Å². The predicted molar refractivity (Wildman–Crippen MR) is 229 cm³/mol. The van der Waals surface area contributed by atoms with Gasteiger partial charge in [-0.15, -0.1) is 0 Å². The highest BCUT2D eigenvalue weighted by Crippen LogP contribution is 2.41. The number of furan rings is 1. The summed E-state index contributed by atoms with van der Waals surface area (Å²) in [4.78, 5) is 15.3. The molecule has 0 unspecified atom stereocenters. The van der Waals surface area contributed by atoms with Crippen LogP contribution in [0.15, 0.2) is 198 Å². The molecule has 0 amide bonds. The smallest absolute Gasteiger partial charge is 0.167 e. The Morgan fingerprint density at radius 3 is 1.62 bits per heavy atom. The Kier molecular flexibility index (Phi) is 6.29. The van der Waals surface area contributed by atoms with Gasteiger partial charge in [0.05, 0.1) is 23.5 Å². The lowest BCUT2D eigenvalue weighted by Crippen LogP contribution is -2.01. The first kappa shape index (κ1) is 27.0. The van der Waals surface area contributed by atoms with E-state index in [0.717, 1.165) is 60.5 Å². The Morgan fingerprint density at radius 2 is 0.946 bits per heavy atom. The maximum atomic E-state index is 8.54. The first-order valence-electron chi connectivity index (χ1n) is 20.9. The van der Waals surface area contributed by atoms with Crippen LogP contribution in [0.25, 0.3) is 106 Å². The van der Waals surface area contributed by atoms with Gasteiger partial charge in [0.2, 0.25) is 0 Å². The molecule has 3 heterocycles. The minimum Gasteiger partial charge on any atom is -0.455 e. The molecule has 3 aromatic heterocycles. The van der Waals surface area contributed by atoms with Gasteiger partial charge in [-0.2, -0.15) is 0 Å². The van der Waals surface area contributed by atoms with Crippen LogP contribution in [-0.2, 0) is 0 Å². The van der Waals surface area contributed by atoms with E-state index in [0.29, 0.717) is 39.7 Å². The maximum Gasteiger partial charge on any atom is 0.167 e. The van der Waals surface area contributed by atoms with Crippen LogP contribution >= 0.6 is 0 Å². The second kappa shape index (κ2) is 13.0. The predicted octanol–water partition coefficient (Wildman–Crippen LogP) is 13.2. The van der Waals surface area contributed by atoms with Crippen molar-refractivity contribution in [3.63, 3.8) is 0 Å². The van der Waals surface area contributed by atoms with Crippen molar-refractivity contribution in [1.29, 1.82) is 0 Å². The van der Waals surface area contributed by atoms with Crippen molar-refractivity contribution in [2.45, 2.75) is 0 Å². The molecule has 0 bridgehead atoms. The molecule has 11 aromatic rings. The van der Waals surface area contributed by atoms with Crippen molar-refractivity contribution in [1.82, 2.24) is 19.5 Å². The molecule has 0 saturated carbocycles. The average Bonchev–Trinajstić information content (AvgIpc) is 3.86. The molecule has 56 heavy (non-hydrogen) atoms. The van der Waals surface area contributed by atoms with Gasteiger partial charge in [-0.05, 0) is 58.7 Å². The molecule has 0 aliphatic rings. The number of hydrogen-bond acceptors (Lipinski definition) is 4. The first-order valence-corrected chi connectivity index (χ1v) is 18.4. The summed E-state index contributed by atoms with van der Waals surface area (Å²) in [6.45, 7) is 0. The SMILES string of the molecule is [2H]c1c([2H])c([2H])c(-c2ccc(-c3nc(-c4ccccc4)nc(-c4cc(-n5c6ccccc6c6ccccc65)cc5c4oc4ccc(-c6ccccc6)cc45)n3)cc2)c([2H])c1[2H]. The lowest BCUT2D eigenvalue weighted by Gasteiger charge is -2.13. The second-order valence-corrected chi connectivity index (χ2v) is 13.7. The van der Waals surface area contributed by atoms with E-state index in [1.165, 1.54) is 0 Å². The average molecular weight is 722 g/mol. The minimum absolute atomic E-state index is 0.128. The van der Waals surface area contributed by atoms with Crippen molar-refractivity contribution in [2.24, 2.45) is 0 Å². The fourth-order valence-corrected chi connectivity index (χ4v) is 7.69. The normalized spacial score (nSPS) is 12.8. The quantitative estimate of drug-likeness (QED) is 0.172. The Balaban J connectivity index is 1.17.